The Kier molecular flexibility index (Phi) is 3.53. The van der Waals surface area contributed by atoms with Crippen LogP contribution in [0.2, 0.25) is 0 Å². The second kappa shape index (κ2) is 5.00. The fourth-order valence-electron chi connectivity index (χ4n) is 2.29. The summed E-state index contributed by atoms with van der Waals surface area (Å²) in [6.45, 7) is 3.81. The number of nitrogens with one attached hydrogen (secondary N) is 1. The highest BCUT2D eigenvalue weighted by Crippen LogP contribution is 2.21. The largest absolute Gasteiger partial charge is 0.385 e. The zero-order valence-electron chi connectivity index (χ0n) is 11.9. The van der Waals surface area contributed by atoms with E-state index >= 15 is 0 Å². The molecule has 5 nitrogen and oxygen atoms in total. The van der Waals surface area contributed by atoms with Crippen LogP contribution >= 0.6 is 0 Å². The Morgan fingerprint density at radius 2 is 2.00 bits per heavy atom. The maximum Gasteiger partial charge on any atom is 0.260 e. The molecule has 2 aromatic rings. The summed E-state index contributed by atoms with van der Waals surface area (Å²) in [6.07, 6.45) is 0. The smallest absolute Gasteiger partial charge is 0.260 e. The number of nitrogens with zero attached hydrogens (tertiary/aromatic N) is 1. The van der Waals surface area contributed by atoms with Gasteiger partial charge in [0.25, 0.3) is 5.56 Å². The number of hydrogen-bond acceptors (Lipinski definition) is 3. The lowest BCUT2D eigenvalue weighted by Gasteiger charge is -2.24. The molecule has 0 radical (unpaired) electrons. The minimum Gasteiger partial charge on any atom is -0.385 e. The average molecular weight is 273 g/mol. The van der Waals surface area contributed by atoms with E-state index in [1.165, 1.54) is 4.57 Å². The van der Waals surface area contributed by atoms with Crippen molar-refractivity contribution in [3.05, 3.63) is 40.7 Å². The molecule has 0 bridgehead atoms. The Bertz CT molecular complexity index is 717. The van der Waals surface area contributed by atoms with Crippen molar-refractivity contribution < 1.29 is 4.79 Å². The van der Waals surface area contributed by atoms with Gasteiger partial charge in [-0.1, -0.05) is 18.2 Å². The van der Waals surface area contributed by atoms with Crippen molar-refractivity contribution in [1.29, 1.82) is 0 Å². The highest BCUT2D eigenvalue weighted by atomic mass is 16.2. The van der Waals surface area contributed by atoms with Crippen molar-refractivity contribution in [1.82, 2.24) is 9.88 Å². The lowest BCUT2D eigenvalue weighted by Crippen LogP contribution is -2.40. The normalized spacial score (nSPS) is 11.6. The van der Waals surface area contributed by atoms with Gasteiger partial charge in [0.05, 0.1) is 5.41 Å². The number of nitrogen functional groups attached to an aromatic ring is 1. The van der Waals surface area contributed by atoms with Gasteiger partial charge in [-0.3, -0.25) is 14.2 Å². The van der Waals surface area contributed by atoms with Crippen molar-refractivity contribution >= 4 is 22.5 Å². The number of pyridine rings is 1. The summed E-state index contributed by atoms with van der Waals surface area (Å²) in [5.41, 5.74) is 5.09. The molecule has 0 aliphatic carbocycles. The van der Waals surface area contributed by atoms with Crippen LogP contribution < -0.4 is 16.6 Å². The van der Waals surface area contributed by atoms with Crippen molar-refractivity contribution in [2.75, 3.05) is 12.8 Å². The van der Waals surface area contributed by atoms with Crippen LogP contribution in [-0.2, 0) is 11.3 Å². The highest BCUT2D eigenvalue weighted by molar-refractivity contribution is 5.84. The molecule has 1 aromatic carbocycles. The van der Waals surface area contributed by atoms with E-state index in [9.17, 15) is 9.59 Å². The van der Waals surface area contributed by atoms with E-state index < -0.39 is 5.41 Å². The Balaban J connectivity index is 2.56. The summed E-state index contributed by atoms with van der Waals surface area (Å²) in [4.78, 5) is 24.3. The number of aromatic nitrogens is 1. The predicted octanol–water partition coefficient (Wildman–Crippen LogP) is 1.36. The Hall–Kier alpha value is -2.30. The highest BCUT2D eigenvalue weighted by Gasteiger charge is 2.28. The maximum absolute atomic E-state index is 12.5. The van der Waals surface area contributed by atoms with E-state index in [4.69, 9.17) is 5.73 Å². The number of hydrogen-bond donors (Lipinski definition) is 2. The molecule has 0 fully saturated rings. The van der Waals surface area contributed by atoms with Gasteiger partial charge in [-0.05, 0) is 31.4 Å². The molecule has 20 heavy (non-hydrogen) atoms. The maximum atomic E-state index is 12.5. The van der Waals surface area contributed by atoms with Crippen LogP contribution in [0, 0.1) is 5.41 Å². The third-order valence-electron chi connectivity index (χ3n) is 3.45. The van der Waals surface area contributed by atoms with Gasteiger partial charge in [0.2, 0.25) is 5.91 Å². The molecule has 1 amide bonds. The van der Waals surface area contributed by atoms with Crippen molar-refractivity contribution in [3.63, 3.8) is 0 Å². The number of carbonyl (C=O) groups excluding carboxylic acids is 1. The number of nitrogens with two attached hydrogens (primary N) is 1. The van der Waals surface area contributed by atoms with E-state index in [1.807, 2.05) is 18.2 Å². The second-order valence-electron chi connectivity index (χ2n) is 5.51. The number of carbonyl (C=O) groups is 1. The van der Waals surface area contributed by atoms with Crippen LogP contribution in [0.3, 0.4) is 0 Å². The van der Waals surface area contributed by atoms with Gasteiger partial charge >= 0.3 is 0 Å². The minimum atomic E-state index is -0.713. The van der Waals surface area contributed by atoms with E-state index in [0.29, 0.717) is 11.2 Å². The fourth-order valence-corrected chi connectivity index (χ4v) is 2.29. The number of anilines is 1. The van der Waals surface area contributed by atoms with E-state index in [0.717, 1.165) is 5.39 Å². The van der Waals surface area contributed by atoms with Crippen LogP contribution in [0.5, 0.6) is 0 Å². The van der Waals surface area contributed by atoms with Crippen molar-refractivity contribution in [2.45, 2.75) is 20.4 Å². The van der Waals surface area contributed by atoms with Crippen molar-refractivity contribution in [2.24, 2.45) is 5.41 Å². The average Bonchev–Trinajstić information content (AvgIpc) is 2.42. The van der Waals surface area contributed by atoms with Crippen LogP contribution in [-0.4, -0.2) is 17.5 Å². The summed E-state index contributed by atoms with van der Waals surface area (Å²) in [5.74, 6) is 0.239. The zero-order valence-corrected chi connectivity index (χ0v) is 11.9. The summed E-state index contributed by atoms with van der Waals surface area (Å²) in [7, 11) is 1.58. The third-order valence-corrected chi connectivity index (χ3v) is 3.45. The molecule has 106 valence electrons. The summed E-state index contributed by atoms with van der Waals surface area (Å²) in [5, 5.41) is 4.02. The van der Waals surface area contributed by atoms with Gasteiger partial charge in [0.15, 0.2) is 0 Å². The molecular weight excluding hydrogens is 254 g/mol. The molecule has 0 unspecified atom stereocenters. The molecular formula is C15H19N3O2. The standard InChI is InChI=1S/C15H19N3O2/c1-15(2,14(20)17-3)9-18-12(16)8-10-6-4-5-7-11(10)13(18)19/h4-8H,9,16H2,1-3H3,(H,17,20). The quantitative estimate of drug-likeness (QED) is 0.886. The molecule has 1 aromatic heterocycles. The summed E-state index contributed by atoms with van der Waals surface area (Å²) in [6, 6.07) is 9.05. The first-order valence-electron chi connectivity index (χ1n) is 6.47. The molecule has 3 N–H and O–H groups in total. The van der Waals surface area contributed by atoms with E-state index in [1.54, 1.807) is 33.0 Å². The van der Waals surface area contributed by atoms with E-state index in [-0.39, 0.29) is 18.0 Å². The van der Waals surface area contributed by atoms with Crippen LogP contribution in [0.15, 0.2) is 35.1 Å². The van der Waals surface area contributed by atoms with Gasteiger partial charge in [-0.15, -0.1) is 0 Å². The summed E-state index contributed by atoms with van der Waals surface area (Å²) >= 11 is 0. The molecule has 5 heteroatoms. The predicted molar refractivity (Wildman–Crippen MR) is 80.5 cm³/mol. The van der Waals surface area contributed by atoms with Crippen LogP contribution in [0.1, 0.15) is 13.8 Å². The van der Waals surface area contributed by atoms with Gasteiger partial charge in [-0.2, -0.15) is 0 Å². The molecule has 0 aliphatic heterocycles. The number of rotatable bonds is 3. The van der Waals surface area contributed by atoms with Gasteiger partial charge < -0.3 is 11.1 Å². The molecule has 0 saturated carbocycles. The van der Waals surface area contributed by atoms with Gasteiger partial charge in [-0.25, -0.2) is 0 Å². The first-order valence-corrected chi connectivity index (χ1v) is 6.47. The molecule has 0 spiro atoms. The number of amides is 1. The molecule has 0 saturated heterocycles. The molecule has 2 rings (SSSR count). The zero-order chi connectivity index (χ0) is 14.9. The van der Waals surface area contributed by atoms with Crippen molar-refractivity contribution in [3.8, 4) is 0 Å². The fraction of sp³-hybridized carbons (Fsp3) is 0.333. The number of benzene rings is 1. The Morgan fingerprint density at radius 1 is 1.35 bits per heavy atom. The monoisotopic (exact) mass is 273 g/mol. The van der Waals surface area contributed by atoms with Crippen LogP contribution in [0.4, 0.5) is 5.82 Å². The molecule has 0 atom stereocenters. The summed E-state index contributed by atoms with van der Waals surface area (Å²) < 4.78 is 1.46. The first kappa shape index (κ1) is 14.1. The third kappa shape index (κ3) is 2.39. The van der Waals surface area contributed by atoms with Crippen LogP contribution in [0.25, 0.3) is 10.8 Å². The topological polar surface area (TPSA) is 77.1 Å². The molecule has 1 heterocycles. The first-order chi connectivity index (χ1) is 9.36. The SMILES string of the molecule is CNC(=O)C(C)(C)Cn1c(N)cc2ccccc2c1=O. The minimum absolute atomic E-state index is 0.128. The van der Waals surface area contributed by atoms with E-state index in [2.05, 4.69) is 5.32 Å². The Morgan fingerprint density at radius 3 is 2.65 bits per heavy atom. The lowest BCUT2D eigenvalue weighted by molar-refractivity contribution is -0.129. The lowest BCUT2D eigenvalue weighted by atomic mass is 9.92. The number of fused-ring (bicyclic) bond motifs is 1. The van der Waals surface area contributed by atoms with Gasteiger partial charge in [0, 0.05) is 19.0 Å². The molecule has 0 aliphatic rings. The second-order valence-corrected chi connectivity index (χ2v) is 5.51. The Labute approximate surface area is 117 Å². The van der Waals surface area contributed by atoms with Gasteiger partial charge in [0.1, 0.15) is 5.82 Å².